The van der Waals surface area contributed by atoms with Gasteiger partial charge in [0.2, 0.25) is 0 Å². The van der Waals surface area contributed by atoms with Crippen molar-refractivity contribution < 1.29 is 0 Å². The lowest BCUT2D eigenvalue weighted by Gasteiger charge is -2.32. The molecule has 0 radical (unpaired) electrons. The summed E-state index contributed by atoms with van der Waals surface area (Å²) in [6, 6.07) is 0.696. The predicted molar refractivity (Wildman–Crippen MR) is 114 cm³/mol. The van der Waals surface area contributed by atoms with Crippen molar-refractivity contribution in [1.29, 1.82) is 0 Å². The van der Waals surface area contributed by atoms with E-state index in [2.05, 4.69) is 47.3 Å². The van der Waals surface area contributed by atoms with E-state index >= 15 is 0 Å². The second kappa shape index (κ2) is 8.68. The molecular weight excluding hydrogens is 447 g/mol. The van der Waals surface area contributed by atoms with Crippen LogP contribution in [0.25, 0.3) is 4.96 Å². The maximum Gasteiger partial charge on any atom is 0.194 e. The molecule has 2 fully saturated rings. The minimum atomic E-state index is 0. The van der Waals surface area contributed by atoms with E-state index in [9.17, 15) is 0 Å². The number of nitrogens with zero attached hydrogens (tertiary/aromatic N) is 5. The van der Waals surface area contributed by atoms with Gasteiger partial charge in [0.15, 0.2) is 10.9 Å². The molecule has 25 heavy (non-hydrogen) atoms. The van der Waals surface area contributed by atoms with Crippen molar-refractivity contribution in [3.63, 3.8) is 0 Å². The third kappa shape index (κ3) is 4.28. The Morgan fingerprint density at radius 1 is 1.32 bits per heavy atom. The van der Waals surface area contributed by atoms with Crippen LogP contribution < -0.4 is 5.32 Å². The molecule has 2 aromatic heterocycles. The number of aromatic nitrogens is 2. The standard InChI is InChI=1S/C17H26N6S.HI/c1-18-16(19-11-14-12-23-9-10-24-17(23)20-14)22-8-5-15(13-22)21-6-3-2-4-7-21;/h9-10,12,15H,2-8,11,13H2,1H3,(H,18,19);1H. The normalized spacial score (nSPS) is 22.4. The van der Waals surface area contributed by atoms with E-state index in [1.807, 2.05) is 7.05 Å². The Kier molecular flexibility index (Phi) is 6.56. The smallest absolute Gasteiger partial charge is 0.194 e. The summed E-state index contributed by atoms with van der Waals surface area (Å²) in [7, 11) is 1.88. The van der Waals surface area contributed by atoms with Crippen molar-refractivity contribution in [2.75, 3.05) is 33.2 Å². The number of nitrogens with one attached hydrogen (secondary N) is 1. The van der Waals surface area contributed by atoms with Crippen molar-refractivity contribution in [3.05, 3.63) is 23.5 Å². The van der Waals surface area contributed by atoms with Crippen LogP contribution in [-0.4, -0.2) is 64.4 Å². The van der Waals surface area contributed by atoms with Gasteiger partial charge in [0.1, 0.15) is 0 Å². The molecule has 138 valence electrons. The van der Waals surface area contributed by atoms with E-state index in [1.165, 1.54) is 38.8 Å². The first-order chi connectivity index (χ1) is 11.8. The third-order valence-electron chi connectivity index (χ3n) is 5.15. The van der Waals surface area contributed by atoms with Crippen LogP contribution in [-0.2, 0) is 6.54 Å². The Bertz CT molecular complexity index is 676. The van der Waals surface area contributed by atoms with Crippen LogP contribution in [0, 0.1) is 0 Å². The SMILES string of the molecule is CN=C(NCc1cn2ccsc2n1)N1CCC(N2CCCCC2)C1.I. The number of piperidine rings is 1. The Morgan fingerprint density at radius 3 is 2.92 bits per heavy atom. The number of aliphatic imine (C=N–C) groups is 1. The van der Waals surface area contributed by atoms with Crippen LogP contribution in [0.2, 0.25) is 0 Å². The van der Waals surface area contributed by atoms with Crippen LogP contribution in [0.1, 0.15) is 31.4 Å². The van der Waals surface area contributed by atoms with E-state index < -0.39 is 0 Å². The lowest BCUT2D eigenvalue weighted by Crippen LogP contribution is -2.44. The lowest BCUT2D eigenvalue weighted by atomic mass is 10.1. The molecule has 0 aliphatic carbocycles. The third-order valence-corrected chi connectivity index (χ3v) is 5.92. The summed E-state index contributed by atoms with van der Waals surface area (Å²) in [6.45, 7) is 5.47. The number of thiazole rings is 1. The van der Waals surface area contributed by atoms with Gasteiger partial charge in [0.05, 0.1) is 12.2 Å². The molecule has 2 saturated heterocycles. The number of hydrogen-bond donors (Lipinski definition) is 1. The van der Waals surface area contributed by atoms with Gasteiger partial charge in [-0.25, -0.2) is 4.98 Å². The number of guanidine groups is 1. The Morgan fingerprint density at radius 2 is 2.16 bits per heavy atom. The van der Waals surface area contributed by atoms with E-state index in [1.54, 1.807) is 11.3 Å². The van der Waals surface area contributed by atoms with Crippen molar-refractivity contribution in [1.82, 2.24) is 24.5 Å². The Labute approximate surface area is 170 Å². The minimum Gasteiger partial charge on any atom is -0.351 e. The highest BCUT2D eigenvalue weighted by Crippen LogP contribution is 2.20. The van der Waals surface area contributed by atoms with Gasteiger partial charge in [-0.05, 0) is 32.4 Å². The molecule has 1 atom stereocenters. The highest BCUT2D eigenvalue weighted by molar-refractivity contribution is 14.0. The van der Waals surface area contributed by atoms with E-state index in [-0.39, 0.29) is 24.0 Å². The molecule has 0 amide bonds. The molecule has 0 bridgehead atoms. The average Bonchev–Trinajstić information content (AvgIpc) is 3.32. The van der Waals surface area contributed by atoms with Gasteiger partial charge in [0.25, 0.3) is 0 Å². The molecule has 0 aromatic carbocycles. The Hall–Kier alpha value is -0.870. The maximum absolute atomic E-state index is 4.63. The van der Waals surface area contributed by atoms with Crippen molar-refractivity contribution in [2.45, 2.75) is 38.3 Å². The maximum atomic E-state index is 4.63. The van der Waals surface area contributed by atoms with E-state index in [0.717, 1.165) is 36.2 Å². The summed E-state index contributed by atoms with van der Waals surface area (Å²) < 4.78 is 2.08. The fraction of sp³-hybridized carbons (Fsp3) is 0.647. The number of rotatable bonds is 3. The number of fused-ring (bicyclic) bond motifs is 1. The average molecular weight is 474 g/mol. The summed E-state index contributed by atoms with van der Waals surface area (Å²) in [5.41, 5.74) is 1.06. The highest BCUT2D eigenvalue weighted by Gasteiger charge is 2.29. The fourth-order valence-corrected chi connectivity index (χ4v) is 4.60. The van der Waals surface area contributed by atoms with Crippen LogP contribution in [0.3, 0.4) is 0 Å². The van der Waals surface area contributed by atoms with Crippen LogP contribution >= 0.6 is 35.3 Å². The van der Waals surface area contributed by atoms with Gasteiger partial charge in [-0.1, -0.05) is 6.42 Å². The molecule has 1 unspecified atom stereocenters. The van der Waals surface area contributed by atoms with Crippen molar-refractivity contribution in [2.24, 2.45) is 4.99 Å². The molecule has 4 rings (SSSR count). The first-order valence-electron chi connectivity index (χ1n) is 8.94. The topological polar surface area (TPSA) is 48.2 Å². The molecule has 4 heterocycles. The van der Waals surface area contributed by atoms with Crippen molar-refractivity contribution in [3.8, 4) is 0 Å². The van der Waals surface area contributed by atoms with Crippen LogP contribution in [0.15, 0.2) is 22.8 Å². The number of likely N-dealkylation sites (tertiary alicyclic amines) is 2. The molecule has 6 nitrogen and oxygen atoms in total. The van der Waals surface area contributed by atoms with Gasteiger partial charge in [-0.2, -0.15) is 0 Å². The summed E-state index contributed by atoms with van der Waals surface area (Å²) >= 11 is 1.67. The van der Waals surface area contributed by atoms with Gasteiger partial charge < -0.3 is 10.2 Å². The summed E-state index contributed by atoms with van der Waals surface area (Å²) in [5, 5.41) is 5.55. The largest absolute Gasteiger partial charge is 0.351 e. The van der Waals surface area contributed by atoms with Crippen LogP contribution in [0.5, 0.6) is 0 Å². The quantitative estimate of drug-likeness (QED) is 0.422. The lowest BCUT2D eigenvalue weighted by molar-refractivity contribution is 0.168. The number of hydrogen-bond acceptors (Lipinski definition) is 4. The molecule has 2 aliphatic rings. The zero-order valence-electron chi connectivity index (χ0n) is 14.7. The second-order valence-electron chi connectivity index (χ2n) is 6.71. The van der Waals surface area contributed by atoms with E-state index in [0.29, 0.717) is 6.04 Å². The zero-order chi connectivity index (χ0) is 16.4. The predicted octanol–water partition coefficient (Wildman–Crippen LogP) is 2.65. The monoisotopic (exact) mass is 474 g/mol. The minimum absolute atomic E-state index is 0. The molecule has 2 aromatic rings. The highest BCUT2D eigenvalue weighted by atomic mass is 127. The molecule has 2 aliphatic heterocycles. The summed E-state index contributed by atoms with van der Waals surface area (Å²) in [4.78, 5) is 15.2. The summed E-state index contributed by atoms with van der Waals surface area (Å²) in [6.07, 6.45) is 9.52. The van der Waals surface area contributed by atoms with Gasteiger partial charge in [0, 0.05) is 44.0 Å². The summed E-state index contributed by atoms with van der Waals surface area (Å²) in [5.74, 6) is 1.01. The van der Waals surface area contributed by atoms with Gasteiger partial charge in [-0.15, -0.1) is 35.3 Å². The van der Waals surface area contributed by atoms with Gasteiger partial charge in [-0.3, -0.25) is 14.3 Å². The van der Waals surface area contributed by atoms with E-state index in [4.69, 9.17) is 0 Å². The number of imidazole rings is 1. The Balaban J connectivity index is 0.00000182. The second-order valence-corrected chi connectivity index (χ2v) is 7.58. The molecule has 8 heteroatoms. The number of halogens is 1. The molecule has 0 spiro atoms. The first kappa shape index (κ1) is 18.9. The molecular formula is C17H27IN6S. The fourth-order valence-electron chi connectivity index (χ4n) is 3.88. The molecule has 1 N–H and O–H groups in total. The van der Waals surface area contributed by atoms with Crippen molar-refractivity contribution >= 4 is 46.2 Å². The first-order valence-corrected chi connectivity index (χ1v) is 9.82. The van der Waals surface area contributed by atoms with Crippen LogP contribution in [0.4, 0.5) is 0 Å². The molecule has 0 saturated carbocycles. The zero-order valence-corrected chi connectivity index (χ0v) is 17.9. The van der Waals surface area contributed by atoms with Gasteiger partial charge >= 0.3 is 0 Å².